The molecule has 7 nitrogen and oxygen atoms in total. The van der Waals surface area contributed by atoms with Gasteiger partial charge in [-0.15, -0.1) is 11.3 Å². The summed E-state index contributed by atoms with van der Waals surface area (Å²) >= 11 is 1.29. The summed E-state index contributed by atoms with van der Waals surface area (Å²) in [6, 6.07) is 0. The number of hydrogen-bond acceptors (Lipinski definition) is 7. The Hall–Kier alpha value is -2.19. The summed E-state index contributed by atoms with van der Waals surface area (Å²) in [5, 5.41) is 14.9. The highest BCUT2D eigenvalue weighted by molar-refractivity contribution is 7.17. The topological polar surface area (TPSA) is 105 Å². The van der Waals surface area contributed by atoms with Crippen LogP contribution >= 0.6 is 11.3 Å². The Bertz CT molecular complexity index is 901. The first-order valence-electron chi connectivity index (χ1n) is 9.87. The van der Waals surface area contributed by atoms with Gasteiger partial charge in [-0.1, -0.05) is 12.2 Å². The van der Waals surface area contributed by atoms with E-state index in [1.54, 1.807) is 6.92 Å². The number of hydrogen-bond donors (Lipinski definition) is 1. The number of aliphatic carboxylic acids is 1. The molecule has 1 saturated carbocycles. The standard InChI is InChI=1S/C21H25NO6S/c1-4-27-20(26)16-12-8-21(2,3)28-9-13(12)29-18(16)22-17(23)14-10-5-6-11(7-10)15(14)19(24)25/h5-6,10-11,14-15H,4,7-9H2,1-3H3,(H,22,23)(H,24,25)/p-1/t10-,11-,14+,15-/m0/s1. The number of esters is 1. The van der Waals surface area contributed by atoms with E-state index in [-0.39, 0.29) is 24.3 Å². The minimum atomic E-state index is -1.20. The first-order chi connectivity index (χ1) is 13.7. The van der Waals surface area contributed by atoms with Crippen LogP contribution in [0.2, 0.25) is 0 Å². The Morgan fingerprint density at radius 3 is 2.62 bits per heavy atom. The van der Waals surface area contributed by atoms with Gasteiger partial charge in [0.15, 0.2) is 0 Å². The summed E-state index contributed by atoms with van der Waals surface area (Å²) in [7, 11) is 0. The molecule has 29 heavy (non-hydrogen) atoms. The molecular weight excluding hydrogens is 394 g/mol. The van der Waals surface area contributed by atoms with Gasteiger partial charge in [-0.3, -0.25) is 4.79 Å². The third kappa shape index (κ3) is 3.48. The fraction of sp³-hybridized carbons (Fsp3) is 0.571. The molecule has 1 aromatic rings. The van der Waals surface area contributed by atoms with Crippen LogP contribution in [-0.4, -0.2) is 30.1 Å². The summed E-state index contributed by atoms with van der Waals surface area (Å²) in [6.45, 7) is 6.21. The quantitative estimate of drug-likeness (QED) is 0.578. The van der Waals surface area contributed by atoms with Crippen molar-refractivity contribution in [2.75, 3.05) is 11.9 Å². The number of ether oxygens (including phenoxy) is 2. The van der Waals surface area contributed by atoms with Crippen LogP contribution in [0, 0.1) is 23.7 Å². The molecule has 1 N–H and O–H groups in total. The van der Waals surface area contributed by atoms with Crippen molar-refractivity contribution in [3.05, 3.63) is 28.2 Å². The zero-order chi connectivity index (χ0) is 20.9. The van der Waals surface area contributed by atoms with Crippen molar-refractivity contribution < 1.29 is 29.0 Å². The maximum absolute atomic E-state index is 13.1. The molecule has 4 atom stereocenters. The molecule has 2 heterocycles. The molecule has 0 saturated heterocycles. The third-order valence-electron chi connectivity index (χ3n) is 6.04. The number of rotatable bonds is 5. The maximum atomic E-state index is 13.1. The van der Waals surface area contributed by atoms with Gasteiger partial charge in [0.2, 0.25) is 5.91 Å². The van der Waals surface area contributed by atoms with Crippen LogP contribution in [0.1, 0.15) is 48.0 Å². The number of carboxylic acid groups (broad SMARTS) is 1. The summed E-state index contributed by atoms with van der Waals surface area (Å²) < 4.78 is 11.1. The fourth-order valence-electron chi connectivity index (χ4n) is 4.76. The molecular formula is C21H24NO6S-. The Balaban J connectivity index is 1.66. The number of anilines is 1. The van der Waals surface area contributed by atoms with E-state index in [0.29, 0.717) is 30.0 Å². The van der Waals surface area contributed by atoms with E-state index in [1.165, 1.54) is 11.3 Å². The SMILES string of the molecule is CCOC(=O)c1c(NC(=O)[C@H]2[C@@H](C(=O)[O-])[C@H]3C=C[C@H]2C3)sc2c1CC(C)(C)OC2. The Morgan fingerprint density at radius 2 is 1.97 bits per heavy atom. The van der Waals surface area contributed by atoms with E-state index in [9.17, 15) is 19.5 Å². The van der Waals surface area contributed by atoms with Gasteiger partial charge in [0, 0.05) is 23.2 Å². The lowest BCUT2D eigenvalue weighted by molar-refractivity contribution is -0.313. The van der Waals surface area contributed by atoms with Gasteiger partial charge >= 0.3 is 5.97 Å². The van der Waals surface area contributed by atoms with E-state index in [1.807, 2.05) is 26.0 Å². The predicted molar refractivity (Wildman–Crippen MR) is 104 cm³/mol. The first kappa shape index (κ1) is 20.1. The normalized spacial score (nSPS) is 28.8. The van der Waals surface area contributed by atoms with Crippen molar-refractivity contribution in [3.63, 3.8) is 0 Å². The largest absolute Gasteiger partial charge is 0.550 e. The minimum absolute atomic E-state index is 0.120. The van der Waals surface area contributed by atoms with E-state index >= 15 is 0 Å². The third-order valence-corrected chi connectivity index (χ3v) is 7.16. The molecule has 2 bridgehead atoms. The molecule has 4 rings (SSSR count). The van der Waals surface area contributed by atoms with Crippen molar-refractivity contribution in [1.82, 2.24) is 0 Å². The monoisotopic (exact) mass is 418 g/mol. The lowest BCUT2D eigenvalue weighted by Crippen LogP contribution is -2.42. The molecule has 0 aromatic carbocycles. The van der Waals surface area contributed by atoms with Crippen molar-refractivity contribution in [2.24, 2.45) is 23.7 Å². The van der Waals surface area contributed by atoms with Gasteiger partial charge in [-0.05, 0) is 44.6 Å². The number of carbonyl (C=O) groups excluding carboxylic acids is 3. The molecule has 1 amide bonds. The summed E-state index contributed by atoms with van der Waals surface area (Å²) in [5.41, 5.74) is 0.774. The average molecular weight is 418 g/mol. The first-order valence-corrected chi connectivity index (χ1v) is 10.7. The lowest BCUT2D eigenvalue weighted by Gasteiger charge is -2.30. The number of nitrogens with one attached hydrogen (secondary N) is 1. The zero-order valence-corrected chi connectivity index (χ0v) is 17.5. The summed E-state index contributed by atoms with van der Waals surface area (Å²) in [6.07, 6.45) is 4.95. The number of thiophene rings is 1. The second-order valence-corrected chi connectivity index (χ2v) is 9.57. The number of fused-ring (bicyclic) bond motifs is 3. The van der Waals surface area contributed by atoms with E-state index < -0.39 is 29.4 Å². The van der Waals surface area contributed by atoms with Crippen LogP contribution in [0.15, 0.2) is 12.2 Å². The highest BCUT2D eigenvalue weighted by atomic mass is 32.1. The zero-order valence-electron chi connectivity index (χ0n) is 16.7. The molecule has 1 aromatic heterocycles. The maximum Gasteiger partial charge on any atom is 0.341 e. The van der Waals surface area contributed by atoms with Crippen molar-refractivity contribution >= 4 is 34.2 Å². The number of carbonyl (C=O) groups is 3. The molecule has 0 radical (unpaired) electrons. The average Bonchev–Trinajstić information content (AvgIpc) is 3.33. The van der Waals surface area contributed by atoms with Gasteiger partial charge in [-0.2, -0.15) is 0 Å². The van der Waals surface area contributed by atoms with Crippen LogP contribution in [0.25, 0.3) is 0 Å². The number of carboxylic acids is 1. The van der Waals surface area contributed by atoms with Gasteiger partial charge in [0.25, 0.3) is 0 Å². The molecule has 0 spiro atoms. The number of allylic oxidation sites excluding steroid dienone is 2. The van der Waals surface area contributed by atoms with Crippen LogP contribution in [0.5, 0.6) is 0 Å². The van der Waals surface area contributed by atoms with Crippen LogP contribution < -0.4 is 10.4 Å². The second kappa shape index (κ2) is 7.25. The molecule has 3 aliphatic rings. The highest BCUT2D eigenvalue weighted by Crippen LogP contribution is 2.49. The molecule has 1 fully saturated rings. The highest BCUT2D eigenvalue weighted by Gasteiger charge is 2.49. The van der Waals surface area contributed by atoms with Crippen molar-refractivity contribution in [2.45, 2.75) is 45.8 Å². The number of amides is 1. The second-order valence-electron chi connectivity index (χ2n) is 8.46. The van der Waals surface area contributed by atoms with E-state index in [0.717, 1.165) is 10.4 Å². The molecule has 2 aliphatic carbocycles. The molecule has 156 valence electrons. The van der Waals surface area contributed by atoms with Crippen molar-refractivity contribution in [3.8, 4) is 0 Å². The lowest BCUT2D eigenvalue weighted by atomic mass is 9.82. The molecule has 0 unspecified atom stereocenters. The Morgan fingerprint density at radius 1 is 1.28 bits per heavy atom. The Kier molecular flexibility index (Phi) is 5.02. The summed E-state index contributed by atoms with van der Waals surface area (Å²) in [5.74, 6) is -3.90. The van der Waals surface area contributed by atoms with E-state index in [4.69, 9.17) is 9.47 Å². The van der Waals surface area contributed by atoms with Crippen molar-refractivity contribution in [1.29, 1.82) is 0 Å². The van der Waals surface area contributed by atoms with Crippen LogP contribution in [0.3, 0.4) is 0 Å². The predicted octanol–water partition coefficient (Wildman–Crippen LogP) is 1.90. The van der Waals surface area contributed by atoms with Gasteiger partial charge in [0.05, 0.1) is 30.3 Å². The van der Waals surface area contributed by atoms with Crippen LogP contribution in [-0.2, 0) is 32.1 Å². The van der Waals surface area contributed by atoms with Gasteiger partial charge < -0.3 is 24.7 Å². The van der Waals surface area contributed by atoms with E-state index in [2.05, 4.69) is 5.32 Å². The molecule has 8 heteroatoms. The fourth-order valence-corrected chi connectivity index (χ4v) is 5.88. The molecule has 1 aliphatic heterocycles. The van der Waals surface area contributed by atoms with Gasteiger partial charge in [-0.25, -0.2) is 4.79 Å². The smallest absolute Gasteiger partial charge is 0.341 e. The van der Waals surface area contributed by atoms with Gasteiger partial charge in [0.1, 0.15) is 5.00 Å². The minimum Gasteiger partial charge on any atom is -0.550 e. The Labute approximate surface area is 173 Å². The van der Waals surface area contributed by atoms with Crippen LogP contribution in [0.4, 0.5) is 5.00 Å². The summed E-state index contributed by atoms with van der Waals surface area (Å²) in [4.78, 5) is 38.3.